The van der Waals surface area contributed by atoms with Gasteiger partial charge in [0, 0.05) is 50.2 Å². The highest BCUT2D eigenvalue weighted by Crippen LogP contribution is 2.31. The summed E-state index contributed by atoms with van der Waals surface area (Å²) < 4.78 is 5.78. The first-order chi connectivity index (χ1) is 13.5. The van der Waals surface area contributed by atoms with Crippen LogP contribution in [0.1, 0.15) is 18.4 Å². The van der Waals surface area contributed by atoms with Crippen LogP contribution >= 0.6 is 11.6 Å². The smallest absolute Gasteiger partial charge is 0.229 e. The van der Waals surface area contributed by atoms with E-state index in [1.54, 1.807) is 0 Å². The molecule has 152 valence electrons. The van der Waals surface area contributed by atoms with Crippen LogP contribution in [0.3, 0.4) is 0 Å². The Balaban J connectivity index is 1.30. The summed E-state index contributed by atoms with van der Waals surface area (Å²) >= 11 is 6.08. The minimum Gasteiger partial charge on any atom is -0.492 e. The van der Waals surface area contributed by atoms with Crippen molar-refractivity contribution in [1.82, 2.24) is 14.7 Å². The molecule has 0 bridgehead atoms. The Hall–Kier alpha value is -1.79. The highest BCUT2D eigenvalue weighted by molar-refractivity contribution is 6.30. The number of benzene rings is 1. The highest BCUT2D eigenvalue weighted by atomic mass is 35.5. The number of fused-ring (bicyclic) bond motifs is 1. The van der Waals surface area contributed by atoms with Crippen LogP contribution in [0.25, 0.3) is 0 Å². The number of piperazine rings is 1. The topological polar surface area (TPSA) is 53.1 Å². The van der Waals surface area contributed by atoms with Gasteiger partial charge in [-0.1, -0.05) is 11.6 Å². The lowest BCUT2D eigenvalue weighted by Crippen LogP contribution is -2.51. The molecule has 2 saturated heterocycles. The van der Waals surface area contributed by atoms with Crippen molar-refractivity contribution in [3.63, 3.8) is 0 Å². The second-order valence-corrected chi connectivity index (χ2v) is 8.63. The number of amides is 2. The number of piperidine rings is 1. The molecule has 4 rings (SSSR count). The number of ether oxygens (including phenoxy) is 1. The third kappa shape index (κ3) is 4.13. The predicted molar refractivity (Wildman–Crippen MR) is 108 cm³/mol. The monoisotopic (exact) mass is 405 g/mol. The van der Waals surface area contributed by atoms with Crippen molar-refractivity contribution in [2.75, 3.05) is 52.9 Å². The van der Waals surface area contributed by atoms with Gasteiger partial charge in [0.2, 0.25) is 11.8 Å². The zero-order valence-corrected chi connectivity index (χ0v) is 17.2. The fraction of sp³-hybridized carbons (Fsp3) is 0.619. The minimum absolute atomic E-state index is 0.0506. The number of halogens is 1. The van der Waals surface area contributed by atoms with Gasteiger partial charge < -0.3 is 19.4 Å². The molecule has 1 unspecified atom stereocenters. The third-order valence-corrected chi connectivity index (χ3v) is 6.48. The molecule has 0 aromatic heterocycles. The first kappa shape index (κ1) is 19.5. The molecule has 0 spiro atoms. The number of likely N-dealkylation sites (tertiary alicyclic amines) is 1. The maximum atomic E-state index is 13.0. The quantitative estimate of drug-likeness (QED) is 0.754. The van der Waals surface area contributed by atoms with E-state index in [9.17, 15) is 9.59 Å². The summed E-state index contributed by atoms with van der Waals surface area (Å²) in [5, 5.41) is 0.665. The minimum atomic E-state index is -0.171. The van der Waals surface area contributed by atoms with Crippen molar-refractivity contribution in [3.05, 3.63) is 28.8 Å². The Morgan fingerprint density at radius 3 is 2.32 bits per heavy atom. The lowest BCUT2D eigenvalue weighted by Gasteiger charge is -2.38. The SMILES string of the molecule is CN1CCN(C(=O)C2CCN(C(=O)C3COc4ccc(Cl)cc4C3)CC2)CC1. The summed E-state index contributed by atoms with van der Waals surface area (Å²) in [6.45, 7) is 5.23. The van der Waals surface area contributed by atoms with E-state index in [0.717, 1.165) is 50.3 Å². The van der Waals surface area contributed by atoms with Crippen molar-refractivity contribution in [2.45, 2.75) is 19.3 Å². The van der Waals surface area contributed by atoms with Gasteiger partial charge in [0.05, 0.1) is 5.92 Å². The number of hydrogen-bond acceptors (Lipinski definition) is 4. The van der Waals surface area contributed by atoms with E-state index in [4.69, 9.17) is 16.3 Å². The van der Waals surface area contributed by atoms with Gasteiger partial charge >= 0.3 is 0 Å². The first-order valence-corrected chi connectivity index (χ1v) is 10.6. The molecular weight excluding hydrogens is 378 g/mol. The lowest BCUT2D eigenvalue weighted by molar-refractivity contribution is -0.144. The van der Waals surface area contributed by atoms with Gasteiger partial charge in [0.25, 0.3) is 0 Å². The Morgan fingerprint density at radius 2 is 1.61 bits per heavy atom. The van der Waals surface area contributed by atoms with Gasteiger partial charge in [-0.15, -0.1) is 0 Å². The van der Waals surface area contributed by atoms with Gasteiger partial charge in [-0.25, -0.2) is 0 Å². The molecule has 0 aliphatic carbocycles. The number of hydrogen-bond donors (Lipinski definition) is 0. The van der Waals surface area contributed by atoms with E-state index < -0.39 is 0 Å². The van der Waals surface area contributed by atoms with Crippen molar-refractivity contribution in [3.8, 4) is 5.75 Å². The average molecular weight is 406 g/mol. The van der Waals surface area contributed by atoms with Crippen molar-refractivity contribution < 1.29 is 14.3 Å². The van der Waals surface area contributed by atoms with Gasteiger partial charge in [0.15, 0.2) is 0 Å². The summed E-state index contributed by atoms with van der Waals surface area (Å²) in [6, 6.07) is 5.57. The van der Waals surface area contributed by atoms with E-state index in [1.807, 2.05) is 28.0 Å². The molecule has 6 nitrogen and oxygen atoms in total. The Kier molecular flexibility index (Phi) is 5.78. The molecule has 3 aliphatic heterocycles. The third-order valence-electron chi connectivity index (χ3n) is 6.25. The number of nitrogens with zero attached hydrogens (tertiary/aromatic N) is 3. The summed E-state index contributed by atoms with van der Waals surface area (Å²) in [4.78, 5) is 31.9. The van der Waals surface area contributed by atoms with Crippen molar-refractivity contribution in [2.24, 2.45) is 11.8 Å². The highest BCUT2D eigenvalue weighted by Gasteiger charge is 2.35. The summed E-state index contributed by atoms with van der Waals surface area (Å²) in [5.41, 5.74) is 0.997. The molecule has 0 N–H and O–H groups in total. The van der Waals surface area contributed by atoms with E-state index >= 15 is 0 Å². The summed E-state index contributed by atoms with van der Waals surface area (Å²) in [7, 11) is 2.09. The first-order valence-electron chi connectivity index (χ1n) is 10.2. The molecular formula is C21H28ClN3O3. The largest absolute Gasteiger partial charge is 0.492 e. The number of rotatable bonds is 2. The average Bonchev–Trinajstić information content (AvgIpc) is 2.73. The second kappa shape index (κ2) is 8.29. The molecule has 3 aliphatic rings. The van der Waals surface area contributed by atoms with E-state index in [2.05, 4.69) is 11.9 Å². The van der Waals surface area contributed by atoms with Crippen LogP contribution < -0.4 is 4.74 Å². The van der Waals surface area contributed by atoms with Crippen LogP contribution in [0.4, 0.5) is 0 Å². The molecule has 1 aromatic carbocycles. The van der Waals surface area contributed by atoms with Crippen LogP contribution in [-0.4, -0.2) is 79.4 Å². The van der Waals surface area contributed by atoms with E-state index in [-0.39, 0.29) is 23.7 Å². The van der Waals surface area contributed by atoms with E-state index in [1.165, 1.54) is 0 Å². The standard InChI is InChI=1S/C21H28ClN3O3/c1-23-8-10-25(11-9-23)20(26)15-4-6-24(7-5-15)21(27)17-12-16-13-18(22)2-3-19(16)28-14-17/h2-3,13,15,17H,4-12,14H2,1H3. The molecule has 0 saturated carbocycles. The molecule has 1 atom stereocenters. The van der Waals surface area contributed by atoms with Crippen molar-refractivity contribution in [1.29, 1.82) is 0 Å². The lowest BCUT2D eigenvalue weighted by atomic mass is 9.91. The molecule has 2 amide bonds. The van der Waals surface area contributed by atoms with Gasteiger partial charge in [-0.05, 0) is 50.1 Å². The number of likely N-dealkylation sites (N-methyl/N-ethyl adjacent to an activating group) is 1. The van der Waals surface area contributed by atoms with Crippen LogP contribution in [0, 0.1) is 11.8 Å². The van der Waals surface area contributed by atoms with Crippen LogP contribution in [0.2, 0.25) is 5.02 Å². The number of carbonyl (C=O) groups excluding carboxylic acids is 2. The molecule has 3 heterocycles. The Morgan fingerprint density at radius 1 is 0.964 bits per heavy atom. The zero-order chi connectivity index (χ0) is 19.7. The normalized spacial score (nSPS) is 23.9. The fourth-order valence-corrected chi connectivity index (χ4v) is 4.61. The molecule has 0 radical (unpaired) electrons. The van der Waals surface area contributed by atoms with Gasteiger partial charge in [-0.2, -0.15) is 0 Å². The van der Waals surface area contributed by atoms with E-state index in [0.29, 0.717) is 31.1 Å². The maximum absolute atomic E-state index is 13.0. The van der Waals surface area contributed by atoms with Gasteiger partial charge in [-0.3, -0.25) is 9.59 Å². The molecule has 2 fully saturated rings. The molecule has 7 heteroatoms. The molecule has 1 aromatic rings. The zero-order valence-electron chi connectivity index (χ0n) is 16.4. The predicted octanol–water partition coefficient (Wildman–Crippen LogP) is 1.90. The molecule has 28 heavy (non-hydrogen) atoms. The Labute approximate surface area is 171 Å². The summed E-state index contributed by atoms with van der Waals surface area (Å²) in [6.07, 6.45) is 2.18. The number of carbonyl (C=O) groups is 2. The van der Waals surface area contributed by atoms with Crippen LogP contribution in [-0.2, 0) is 16.0 Å². The Bertz CT molecular complexity index is 740. The van der Waals surface area contributed by atoms with Crippen LogP contribution in [0.15, 0.2) is 18.2 Å². The van der Waals surface area contributed by atoms with Crippen molar-refractivity contribution >= 4 is 23.4 Å². The van der Waals surface area contributed by atoms with Gasteiger partial charge in [0.1, 0.15) is 12.4 Å². The fourth-order valence-electron chi connectivity index (χ4n) is 4.41. The maximum Gasteiger partial charge on any atom is 0.229 e. The second-order valence-electron chi connectivity index (χ2n) is 8.19. The van der Waals surface area contributed by atoms with Crippen LogP contribution in [0.5, 0.6) is 5.75 Å². The summed E-state index contributed by atoms with van der Waals surface area (Å²) in [5.74, 6) is 1.11.